The van der Waals surface area contributed by atoms with E-state index < -0.39 is 15.7 Å². The van der Waals surface area contributed by atoms with Crippen LogP contribution < -0.4 is 10.1 Å². The van der Waals surface area contributed by atoms with Gasteiger partial charge in [0.1, 0.15) is 9.84 Å². The minimum absolute atomic E-state index is 0.0655. The molecular weight excluding hydrogens is 257 g/mol. The molecule has 6 heteroatoms. The minimum atomic E-state index is -2.98. The van der Waals surface area contributed by atoms with E-state index in [1.54, 1.807) is 12.1 Å². The molecule has 1 unspecified atom stereocenters. The molecular formula is C12H18FNO3S. The van der Waals surface area contributed by atoms with Crippen LogP contribution in [0.25, 0.3) is 0 Å². The Morgan fingerprint density at radius 1 is 1.44 bits per heavy atom. The zero-order valence-electron chi connectivity index (χ0n) is 10.7. The van der Waals surface area contributed by atoms with Gasteiger partial charge in [-0.2, -0.15) is 0 Å². The summed E-state index contributed by atoms with van der Waals surface area (Å²) in [5.41, 5.74) is 0.752. The number of hydrogen-bond acceptors (Lipinski definition) is 4. The van der Waals surface area contributed by atoms with E-state index in [2.05, 4.69) is 5.32 Å². The first-order valence-corrected chi connectivity index (χ1v) is 7.64. The van der Waals surface area contributed by atoms with Crippen molar-refractivity contribution in [1.82, 2.24) is 5.32 Å². The third-order valence-electron chi connectivity index (χ3n) is 2.60. The molecule has 0 heterocycles. The lowest BCUT2D eigenvalue weighted by atomic mass is 10.1. The predicted molar refractivity (Wildman–Crippen MR) is 69.1 cm³/mol. The second-order valence-electron chi connectivity index (χ2n) is 4.20. The molecule has 0 aliphatic heterocycles. The second kappa shape index (κ2) is 6.15. The summed E-state index contributed by atoms with van der Waals surface area (Å²) in [6.45, 7) is 2.19. The molecule has 0 aliphatic rings. The SMILES string of the molecule is COc1ccc(C(C)NCCS(C)(=O)=O)cc1F. The summed E-state index contributed by atoms with van der Waals surface area (Å²) in [6, 6.07) is 4.57. The van der Waals surface area contributed by atoms with Crippen molar-refractivity contribution in [1.29, 1.82) is 0 Å². The fourth-order valence-corrected chi connectivity index (χ4v) is 2.02. The number of nitrogens with one attached hydrogen (secondary N) is 1. The maximum Gasteiger partial charge on any atom is 0.165 e. The van der Waals surface area contributed by atoms with Crippen molar-refractivity contribution >= 4 is 9.84 Å². The van der Waals surface area contributed by atoms with Crippen LogP contribution in [0.1, 0.15) is 18.5 Å². The summed E-state index contributed by atoms with van der Waals surface area (Å²) in [5.74, 6) is -0.162. The average Bonchev–Trinajstić information content (AvgIpc) is 2.27. The van der Waals surface area contributed by atoms with Crippen LogP contribution in [0.3, 0.4) is 0 Å². The van der Waals surface area contributed by atoms with Gasteiger partial charge in [-0.1, -0.05) is 6.07 Å². The lowest BCUT2D eigenvalue weighted by Gasteiger charge is -2.14. The van der Waals surface area contributed by atoms with Crippen LogP contribution in [0.5, 0.6) is 5.75 Å². The summed E-state index contributed by atoms with van der Waals surface area (Å²) in [4.78, 5) is 0. The molecule has 0 bridgehead atoms. The molecule has 102 valence electrons. The molecule has 1 aromatic carbocycles. The molecule has 1 atom stereocenters. The van der Waals surface area contributed by atoms with Gasteiger partial charge in [0.15, 0.2) is 11.6 Å². The van der Waals surface area contributed by atoms with E-state index in [1.165, 1.54) is 19.4 Å². The largest absolute Gasteiger partial charge is 0.494 e. The fourth-order valence-electron chi connectivity index (χ4n) is 1.53. The van der Waals surface area contributed by atoms with Crippen molar-refractivity contribution in [3.63, 3.8) is 0 Å². The second-order valence-corrected chi connectivity index (χ2v) is 6.46. The molecule has 0 spiro atoms. The molecule has 0 radical (unpaired) electrons. The van der Waals surface area contributed by atoms with Gasteiger partial charge in [-0.3, -0.25) is 0 Å². The van der Waals surface area contributed by atoms with Crippen LogP contribution in [-0.4, -0.2) is 34.1 Å². The summed E-state index contributed by atoms with van der Waals surface area (Å²) < 4.78 is 40.2. The van der Waals surface area contributed by atoms with Gasteiger partial charge in [0.25, 0.3) is 0 Å². The number of halogens is 1. The van der Waals surface area contributed by atoms with Crippen LogP contribution in [0.4, 0.5) is 4.39 Å². The highest BCUT2D eigenvalue weighted by molar-refractivity contribution is 7.90. The van der Waals surface area contributed by atoms with E-state index >= 15 is 0 Å². The highest BCUT2D eigenvalue weighted by Gasteiger charge is 2.10. The number of methoxy groups -OCH3 is 1. The molecule has 1 aromatic rings. The first-order valence-electron chi connectivity index (χ1n) is 5.58. The Labute approximate surface area is 107 Å². The Hall–Kier alpha value is -1.14. The van der Waals surface area contributed by atoms with Crippen LogP contribution in [0, 0.1) is 5.82 Å². The van der Waals surface area contributed by atoms with E-state index in [0.717, 1.165) is 5.56 Å². The van der Waals surface area contributed by atoms with Gasteiger partial charge in [0, 0.05) is 18.8 Å². The Balaban J connectivity index is 2.62. The average molecular weight is 275 g/mol. The third-order valence-corrected chi connectivity index (χ3v) is 3.54. The van der Waals surface area contributed by atoms with Gasteiger partial charge in [-0.05, 0) is 24.6 Å². The molecule has 0 aromatic heterocycles. The molecule has 0 fully saturated rings. The van der Waals surface area contributed by atoms with E-state index in [4.69, 9.17) is 4.74 Å². The van der Waals surface area contributed by atoms with Crippen molar-refractivity contribution in [2.75, 3.05) is 25.7 Å². The number of ether oxygens (including phenoxy) is 1. The Bertz CT molecular complexity index is 502. The van der Waals surface area contributed by atoms with E-state index in [1.807, 2.05) is 6.92 Å². The smallest absolute Gasteiger partial charge is 0.165 e. The summed E-state index contributed by atoms with van der Waals surface area (Å²) >= 11 is 0. The van der Waals surface area contributed by atoms with E-state index in [9.17, 15) is 12.8 Å². The Morgan fingerprint density at radius 2 is 2.11 bits per heavy atom. The van der Waals surface area contributed by atoms with Crippen LogP contribution in [0.2, 0.25) is 0 Å². The van der Waals surface area contributed by atoms with Crippen molar-refractivity contribution in [3.8, 4) is 5.75 Å². The zero-order valence-corrected chi connectivity index (χ0v) is 11.6. The predicted octanol–water partition coefficient (Wildman–Crippen LogP) is 1.53. The minimum Gasteiger partial charge on any atom is -0.494 e. The third kappa shape index (κ3) is 4.62. The van der Waals surface area contributed by atoms with Gasteiger partial charge < -0.3 is 10.1 Å². The van der Waals surface area contributed by atoms with Gasteiger partial charge in [0.2, 0.25) is 0 Å². The summed E-state index contributed by atoms with van der Waals surface area (Å²) in [7, 11) is -1.57. The van der Waals surface area contributed by atoms with Gasteiger partial charge in [-0.25, -0.2) is 12.8 Å². The van der Waals surface area contributed by atoms with Gasteiger partial charge in [-0.15, -0.1) is 0 Å². The van der Waals surface area contributed by atoms with Crippen molar-refractivity contribution in [2.45, 2.75) is 13.0 Å². The maximum atomic E-state index is 13.5. The van der Waals surface area contributed by atoms with Crippen LogP contribution >= 0.6 is 0 Å². The van der Waals surface area contributed by atoms with Crippen molar-refractivity contribution in [3.05, 3.63) is 29.6 Å². The standard InChI is InChI=1S/C12H18FNO3S/c1-9(14-6-7-18(3,15)16)10-4-5-12(17-2)11(13)8-10/h4-5,8-9,14H,6-7H2,1-3H3. The quantitative estimate of drug-likeness (QED) is 0.855. The molecule has 1 rings (SSSR count). The molecule has 18 heavy (non-hydrogen) atoms. The summed E-state index contributed by atoms with van der Waals surface area (Å²) in [5, 5.41) is 3.03. The molecule has 0 saturated carbocycles. The molecule has 1 N–H and O–H groups in total. The highest BCUT2D eigenvalue weighted by atomic mass is 32.2. The Kier molecular flexibility index (Phi) is 5.10. The van der Waals surface area contributed by atoms with E-state index in [0.29, 0.717) is 6.54 Å². The lowest BCUT2D eigenvalue weighted by Crippen LogP contribution is -2.25. The van der Waals surface area contributed by atoms with Crippen LogP contribution in [-0.2, 0) is 9.84 Å². The Morgan fingerprint density at radius 3 is 2.61 bits per heavy atom. The topological polar surface area (TPSA) is 55.4 Å². The fraction of sp³-hybridized carbons (Fsp3) is 0.500. The molecule has 4 nitrogen and oxygen atoms in total. The normalized spacial score (nSPS) is 13.3. The summed E-state index contributed by atoms with van der Waals surface area (Å²) in [6.07, 6.45) is 1.19. The van der Waals surface area contributed by atoms with Gasteiger partial charge >= 0.3 is 0 Å². The number of benzene rings is 1. The molecule has 0 aliphatic carbocycles. The monoisotopic (exact) mass is 275 g/mol. The van der Waals surface area contributed by atoms with Crippen molar-refractivity contribution in [2.24, 2.45) is 0 Å². The zero-order chi connectivity index (χ0) is 13.8. The lowest BCUT2D eigenvalue weighted by molar-refractivity contribution is 0.385. The first-order chi connectivity index (χ1) is 8.33. The van der Waals surface area contributed by atoms with E-state index in [-0.39, 0.29) is 17.5 Å². The van der Waals surface area contributed by atoms with Gasteiger partial charge in [0.05, 0.1) is 12.9 Å². The number of rotatable bonds is 6. The van der Waals surface area contributed by atoms with Crippen molar-refractivity contribution < 1.29 is 17.5 Å². The highest BCUT2D eigenvalue weighted by Crippen LogP contribution is 2.21. The number of hydrogen-bond donors (Lipinski definition) is 1. The van der Waals surface area contributed by atoms with Crippen LogP contribution in [0.15, 0.2) is 18.2 Å². The molecule has 0 saturated heterocycles. The maximum absolute atomic E-state index is 13.5. The molecule has 0 amide bonds. The number of sulfone groups is 1. The first kappa shape index (κ1) is 14.9.